The van der Waals surface area contributed by atoms with Gasteiger partial charge in [-0.05, 0) is 32.0 Å². The van der Waals surface area contributed by atoms with Gasteiger partial charge in [0.2, 0.25) is 5.82 Å². The Morgan fingerprint density at radius 3 is 2.87 bits per heavy atom. The van der Waals surface area contributed by atoms with Crippen molar-refractivity contribution in [2.24, 2.45) is 0 Å². The molecule has 6 rings (SSSR count). The molecule has 6 aromatic rings. The molecule has 0 aromatic carbocycles. The van der Waals surface area contributed by atoms with Gasteiger partial charge in [-0.3, -0.25) is 9.38 Å². The first-order valence-corrected chi connectivity index (χ1v) is 9.72. The van der Waals surface area contributed by atoms with Crippen LogP contribution in [0.1, 0.15) is 19.9 Å². The monoisotopic (exact) mass is 412 g/mol. The average Bonchev–Trinajstić information content (AvgIpc) is 3.58. The van der Waals surface area contributed by atoms with Crippen LogP contribution in [0.25, 0.3) is 51.1 Å². The van der Waals surface area contributed by atoms with E-state index in [2.05, 4.69) is 39.1 Å². The molecule has 31 heavy (non-hydrogen) atoms. The molecule has 0 saturated carbocycles. The smallest absolute Gasteiger partial charge is 0.259 e. The van der Waals surface area contributed by atoms with Crippen LogP contribution in [0.3, 0.4) is 0 Å². The number of fused-ring (bicyclic) bond motifs is 2. The summed E-state index contributed by atoms with van der Waals surface area (Å²) in [4.78, 5) is 17.8. The van der Waals surface area contributed by atoms with Gasteiger partial charge in [-0.25, -0.2) is 14.6 Å². The second-order valence-electron chi connectivity index (χ2n) is 7.32. The van der Waals surface area contributed by atoms with E-state index < -0.39 is 0 Å². The summed E-state index contributed by atoms with van der Waals surface area (Å²) in [5.41, 5.74) is 3.53. The lowest BCUT2D eigenvalue weighted by molar-refractivity contribution is 0.432. The molecular weight excluding hydrogens is 396 g/mol. The minimum Gasteiger partial charge on any atom is -0.463 e. The maximum atomic E-state index is 5.66. The molecule has 0 aliphatic carbocycles. The van der Waals surface area contributed by atoms with Crippen molar-refractivity contribution in [3.8, 4) is 34.4 Å². The van der Waals surface area contributed by atoms with Crippen molar-refractivity contribution in [3.05, 3.63) is 55.4 Å². The Labute approximate surface area is 175 Å². The molecule has 0 aliphatic heterocycles. The Kier molecular flexibility index (Phi) is 3.72. The van der Waals surface area contributed by atoms with Crippen LogP contribution in [0, 0.1) is 0 Å². The zero-order valence-electron chi connectivity index (χ0n) is 16.7. The Morgan fingerprint density at radius 1 is 1.10 bits per heavy atom. The van der Waals surface area contributed by atoms with Crippen molar-refractivity contribution >= 4 is 16.7 Å². The molecule has 10 heteroatoms. The van der Waals surface area contributed by atoms with E-state index in [4.69, 9.17) is 13.9 Å². The largest absolute Gasteiger partial charge is 0.463 e. The summed E-state index contributed by atoms with van der Waals surface area (Å²) >= 11 is 0. The fourth-order valence-electron chi connectivity index (χ4n) is 3.57. The third kappa shape index (κ3) is 2.72. The molecule has 0 aliphatic rings. The van der Waals surface area contributed by atoms with E-state index in [1.165, 1.54) is 0 Å². The minimum absolute atomic E-state index is 0.134. The second kappa shape index (κ2) is 6.59. The highest BCUT2D eigenvalue weighted by Crippen LogP contribution is 2.33. The summed E-state index contributed by atoms with van der Waals surface area (Å²) in [6.45, 7) is 4.11. The van der Waals surface area contributed by atoms with E-state index >= 15 is 0 Å². The molecule has 0 atom stereocenters. The maximum absolute atomic E-state index is 5.66. The van der Waals surface area contributed by atoms with E-state index in [0.717, 1.165) is 16.6 Å². The van der Waals surface area contributed by atoms with E-state index in [0.29, 0.717) is 34.5 Å². The molecule has 6 heterocycles. The SMILES string of the molecule is CC(C)n1ncc2c(-c3nc(-c4cnc5cnccn45)no3)cc(-c3ccco3)nc21. The Morgan fingerprint density at radius 2 is 2.03 bits per heavy atom. The number of imidazole rings is 1. The molecule has 0 unspecified atom stereocenters. The highest BCUT2D eigenvalue weighted by Gasteiger charge is 2.21. The van der Waals surface area contributed by atoms with Crippen LogP contribution in [0.4, 0.5) is 0 Å². The predicted molar refractivity (Wildman–Crippen MR) is 111 cm³/mol. The van der Waals surface area contributed by atoms with Crippen LogP contribution in [0.15, 0.2) is 64.4 Å². The molecule has 6 aromatic heterocycles. The molecule has 0 radical (unpaired) electrons. The van der Waals surface area contributed by atoms with Gasteiger partial charge in [0, 0.05) is 18.4 Å². The molecule has 10 nitrogen and oxygen atoms in total. The van der Waals surface area contributed by atoms with Gasteiger partial charge in [-0.1, -0.05) is 5.16 Å². The first kappa shape index (κ1) is 17.5. The number of aromatic nitrogens is 8. The molecule has 152 valence electrons. The van der Waals surface area contributed by atoms with Crippen LogP contribution >= 0.6 is 0 Å². The van der Waals surface area contributed by atoms with Crippen molar-refractivity contribution in [1.29, 1.82) is 0 Å². The topological polar surface area (TPSA) is 113 Å². The van der Waals surface area contributed by atoms with E-state index in [1.807, 2.05) is 27.3 Å². The van der Waals surface area contributed by atoms with Crippen molar-refractivity contribution < 1.29 is 8.94 Å². The zero-order valence-corrected chi connectivity index (χ0v) is 16.7. The lowest BCUT2D eigenvalue weighted by Crippen LogP contribution is -2.03. The molecule has 0 amide bonds. The predicted octanol–water partition coefficient (Wildman–Crippen LogP) is 4.03. The van der Waals surface area contributed by atoms with Gasteiger partial charge in [0.1, 0.15) is 11.4 Å². The quantitative estimate of drug-likeness (QED) is 0.426. The summed E-state index contributed by atoms with van der Waals surface area (Å²) in [6, 6.07) is 5.70. The number of furan rings is 1. The summed E-state index contributed by atoms with van der Waals surface area (Å²) in [5.74, 6) is 1.44. The lowest BCUT2D eigenvalue weighted by Gasteiger charge is -2.08. The summed E-state index contributed by atoms with van der Waals surface area (Å²) in [7, 11) is 0. The molecule has 0 bridgehead atoms. The third-order valence-corrected chi connectivity index (χ3v) is 5.03. The fourth-order valence-corrected chi connectivity index (χ4v) is 3.57. The van der Waals surface area contributed by atoms with Crippen LogP contribution in [-0.2, 0) is 0 Å². The minimum atomic E-state index is 0.134. The van der Waals surface area contributed by atoms with Crippen molar-refractivity contribution in [3.63, 3.8) is 0 Å². The Bertz CT molecular complexity index is 1520. The molecule has 0 spiro atoms. The zero-order chi connectivity index (χ0) is 20.9. The van der Waals surface area contributed by atoms with Crippen molar-refractivity contribution in [2.45, 2.75) is 19.9 Å². The van der Waals surface area contributed by atoms with Crippen LogP contribution < -0.4 is 0 Å². The normalized spacial score (nSPS) is 11.8. The highest BCUT2D eigenvalue weighted by molar-refractivity contribution is 5.92. The van der Waals surface area contributed by atoms with Gasteiger partial charge in [0.25, 0.3) is 5.89 Å². The van der Waals surface area contributed by atoms with Gasteiger partial charge in [0.15, 0.2) is 17.1 Å². The van der Waals surface area contributed by atoms with Gasteiger partial charge < -0.3 is 8.94 Å². The first-order valence-electron chi connectivity index (χ1n) is 9.72. The second-order valence-corrected chi connectivity index (χ2v) is 7.32. The number of nitrogens with zero attached hydrogens (tertiary/aromatic N) is 8. The first-order chi connectivity index (χ1) is 15.2. The number of pyridine rings is 1. The summed E-state index contributed by atoms with van der Waals surface area (Å²) in [6.07, 6.45) is 10.2. The van der Waals surface area contributed by atoms with Crippen LogP contribution in [0.2, 0.25) is 0 Å². The maximum Gasteiger partial charge on any atom is 0.259 e. The number of hydrogen-bond acceptors (Lipinski definition) is 8. The van der Waals surface area contributed by atoms with Gasteiger partial charge >= 0.3 is 0 Å². The lowest BCUT2D eigenvalue weighted by atomic mass is 10.1. The summed E-state index contributed by atoms with van der Waals surface area (Å²) < 4.78 is 14.9. The standard InChI is InChI=1S/C21H16N8O2/c1-12(2)29-20-14(9-24-29)13(8-15(25-20)17-4-3-7-30-17)21-26-19(27-31-21)16-10-23-18-11-22-5-6-28(16)18/h3-12H,1-2H3. The third-order valence-electron chi connectivity index (χ3n) is 5.03. The van der Waals surface area contributed by atoms with Crippen LogP contribution in [-0.4, -0.2) is 39.3 Å². The molecule has 0 saturated heterocycles. The van der Waals surface area contributed by atoms with Gasteiger partial charge in [0.05, 0.1) is 35.8 Å². The van der Waals surface area contributed by atoms with E-state index in [-0.39, 0.29) is 6.04 Å². The van der Waals surface area contributed by atoms with Crippen molar-refractivity contribution in [1.82, 2.24) is 39.3 Å². The average molecular weight is 412 g/mol. The Balaban J connectivity index is 1.55. The van der Waals surface area contributed by atoms with Crippen LogP contribution in [0.5, 0.6) is 0 Å². The molecular formula is C21H16N8O2. The summed E-state index contributed by atoms with van der Waals surface area (Å²) in [5, 5.41) is 9.52. The Hall–Kier alpha value is -4.34. The van der Waals surface area contributed by atoms with E-state index in [9.17, 15) is 0 Å². The molecule has 0 fully saturated rings. The highest BCUT2D eigenvalue weighted by atomic mass is 16.5. The molecule has 0 N–H and O–H groups in total. The fraction of sp³-hybridized carbons (Fsp3) is 0.143. The number of hydrogen-bond donors (Lipinski definition) is 0. The van der Waals surface area contributed by atoms with Gasteiger partial charge in [-0.15, -0.1) is 0 Å². The van der Waals surface area contributed by atoms with E-state index in [1.54, 1.807) is 37.2 Å². The van der Waals surface area contributed by atoms with Crippen molar-refractivity contribution in [2.75, 3.05) is 0 Å². The number of rotatable bonds is 4. The van der Waals surface area contributed by atoms with Gasteiger partial charge in [-0.2, -0.15) is 10.1 Å².